The molecule has 4 rings (SSSR count). The molecule has 128 valence electrons. The molecule has 4 heteroatoms. The maximum absolute atomic E-state index is 9.78. The highest BCUT2D eigenvalue weighted by atomic mass is 15.1. The number of anilines is 1. The van der Waals surface area contributed by atoms with Crippen LogP contribution in [0.25, 0.3) is 16.7 Å². The van der Waals surface area contributed by atoms with E-state index >= 15 is 0 Å². The third kappa shape index (κ3) is 2.84. The zero-order chi connectivity index (χ0) is 17.2. The quantitative estimate of drug-likeness (QED) is 0.692. The molecule has 4 nitrogen and oxygen atoms in total. The number of aromatic nitrogens is 2. The summed E-state index contributed by atoms with van der Waals surface area (Å²) in [6, 6.07) is 13.4. The molecule has 0 unspecified atom stereocenters. The number of aromatic amines is 1. The highest BCUT2D eigenvalue weighted by molar-refractivity contribution is 5.77. The van der Waals surface area contributed by atoms with Crippen molar-refractivity contribution in [2.75, 3.05) is 5.32 Å². The van der Waals surface area contributed by atoms with Crippen LogP contribution in [-0.2, 0) is 6.42 Å². The van der Waals surface area contributed by atoms with Crippen LogP contribution in [0.15, 0.2) is 30.3 Å². The number of H-pyrrole nitrogens is 1. The van der Waals surface area contributed by atoms with Gasteiger partial charge in [0.25, 0.3) is 0 Å². The van der Waals surface area contributed by atoms with Crippen molar-refractivity contribution in [2.24, 2.45) is 0 Å². The fourth-order valence-corrected chi connectivity index (χ4v) is 4.11. The van der Waals surface area contributed by atoms with Crippen molar-refractivity contribution in [1.82, 2.24) is 4.98 Å². The zero-order valence-electron chi connectivity index (χ0n) is 14.8. The molecule has 2 heterocycles. The standard InChI is InChI=1S/C21H24N4/c1-2-8-15-13-20(23-16-9-4-3-5-10-16)25-19-12-7-6-11-18(19)24-21(25)17(15)14-22/h6-7,11-13,16H,2-5,8-10H2,1H3,(H,23,24)/p+1. The molecular weight excluding hydrogens is 308 g/mol. The van der Waals surface area contributed by atoms with Gasteiger partial charge in [-0.2, -0.15) is 9.66 Å². The number of hydrogen-bond acceptors (Lipinski definition) is 2. The molecule has 0 spiro atoms. The largest absolute Gasteiger partial charge is 0.303 e. The molecule has 1 aliphatic rings. The summed E-state index contributed by atoms with van der Waals surface area (Å²) in [7, 11) is 0. The fourth-order valence-electron chi connectivity index (χ4n) is 4.11. The summed E-state index contributed by atoms with van der Waals surface area (Å²) in [5, 5.41) is 13.6. The Bertz CT molecular complexity index is 942. The SMILES string of the molecule is CCCc1cc(NC2CCCCC2)[n+]2c([nH]c3ccccc32)c1C#N. The van der Waals surface area contributed by atoms with E-state index in [1.807, 2.05) is 6.07 Å². The van der Waals surface area contributed by atoms with Gasteiger partial charge in [0, 0.05) is 6.07 Å². The molecular formula is C21H25N4+. The Balaban J connectivity index is 1.93. The van der Waals surface area contributed by atoms with Gasteiger partial charge in [0.05, 0.1) is 6.04 Å². The Kier molecular flexibility index (Phi) is 4.31. The summed E-state index contributed by atoms with van der Waals surface area (Å²) >= 11 is 0. The first-order chi connectivity index (χ1) is 12.3. The third-order valence-electron chi connectivity index (χ3n) is 5.32. The molecule has 1 saturated carbocycles. The summed E-state index contributed by atoms with van der Waals surface area (Å²) in [6.07, 6.45) is 8.38. The van der Waals surface area contributed by atoms with Gasteiger partial charge in [0.2, 0.25) is 11.5 Å². The lowest BCUT2D eigenvalue weighted by Crippen LogP contribution is -2.33. The number of rotatable bonds is 4. The summed E-state index contributed by atoms with van der Waals surface area (Å²) in [5.74, 6) is 1.11. The molecule has 3 aromatic rings. The van der Waals surface area contributed by atoms with Crippen molar-refractivity contribution in [2.45, 2.75) is 57.9 Å². The minimum atomic E-state index is 0.528. The first-order valence-electron chi connectivity index (χ1n) is 9.46. The van der Waals surface area contributed by atoms with E-state index in [4.69, 9.17) is 0 Å². The number of hydrogen-bond donors (Lipinski definition) is 2. The summed E-state index contributed by atoms with van der Waals surface area (Å²) < 4.78 is 2.20. The van der Waals surface area contributed by atoms with Crippen LogP contribution in [0.2, 0.25) is 0 Å². The van der Waals surface area contributed by atoms with Gasteiger partial charge in [0.1, 0.15) is 22.7 Å². The Morgan fingerprint density at radius 1 is 1.24 bits per heavy atom. The molecule has 25 heavy (non-hydrogen) atoms. The van der Waals surface area contributed by atoms with Crippen molar-refractivity contribution < 1.29 is 4.40 Å². The fraction of sp³-hybridized carbons (Fsp3) is 0.429. The third-order valence-corrected chi connectivity index (χ3v) is 5.32. The van der Waals surface area contributed by atoms with Gasteiger partial charge in [0.15, 0.2) is 0 Å². The molecule has 1 aromatic carbocycles. The van der Waals surface area contributed by atoms with E-state index in [9.17, 15) is 5.26 Å². The number of pyridine rings is 1. The molecule has 0 radical (unpaired) electrons. The van der Waals surface area contributed by atoms with E-state index < -0.39 is 0 Å². The van der Waals surface area contributed by atoms with Crippen LogP contribution < -0.4 is 9.72 Å². The van der Waals surface area contributed by atoms with Crippen LogP contribution in [0.1, 0.15) is 56.6 Å². The molecule has 0 saturated heterocycles. The second-order valence-corrected chi connectivity index (χ2v) is 7.10. The molecule has 0 amide bonds. The minimum Gasteiger partial charge on any atom is -0.303 e. The summed E-state index contributed by atoms with van der Waals surface area (Å²) in [4.78, 5) is 3.47. The van der Waals surface area contributed by atoms with Crippen molar-refractivity contribution in [1.29, 1.82) is 5.26 Å². The van der Waals surface area contributed by atoms with E-state index in [0.29, 0.717) is 6.04 Å². The lowest BCUT2D eigenvalue weighted by atomic mass is 9.95. The van der Waals surface area contributed by atoms with Crippen LogP contribution >= 0.6 is 0 Å². The maximum atomic E-state index is 9.78. The van der Waals surface area contributed by atoms with Crippen molar-refractivity contribution >= 4 is 22.5 Å². The number of imidazole rings is 1. The predicted octanol–water partition coefficient (Wildman–Crippen LogP) is 4.48. The molecule has 2 aromatic heterocycles. The van der Waals surface area contributed by atoms with Crippen molar-refractivity contribution in [3.63, 3.8) is 0 Å². The molecule has 0 atom stereocenters. The average Bonchev–Trinajstić information content (AvgIpc) is 3.02. The van der Waals surface area contributed by atoms with E-state index in [1.165, 1.54) is 32.1 Å². The zero-order valence-corrected chi connectivity index (χ0v) is 14.8. The number of fused-ring (bicyclic) bond motifs is 3. The number of aryl methyl sites for hydroxylation is 1. The summed E-state index contributed by atoms with van der Waals surface area (Å²) in [6.45, 7) is 2.16. The number of benzene rings is 1. The Hall–Kier alpha value is -2.54. The molecule has 2 N–H and O–H groups in total. The van der Waals surface area contributed by atoms with Gasteiger partial charge in [-0.1, -0.05) is 44.7 Å². The predicted molar refractivity (Wildman–Crippen MR) is 101 cm³/mol. The van der Waals surface area contributed by atoms with E-state index in [2.05, 4.69) is 52.0 Å². The van der Waals surface area contributed by atoms with Crippen LogP contribution in [0, 0.1) is 11.3 Å². The summed E-state index contributed by atoms with van der Waals surface area (Å²) in [5.41, 5.74) is 5.00. The highest BCUT2D eigenvalue weighted by Gasteiger charge is 2.24. The van der Waals surface area contributed by atoms with Gasteiger partial charge in [-0.05, 0) is 37.0 Å². The molecule has 1 fully saturated rings. The first-order valence-corrected chi connectivity index (χ1v) is 9.46. The molecule has 0 aliphatic heterocycles. The highest BCUT2D eigenvalue weighted by Crippen LogP contribution is 2.25. The molecule has 0 bridgehead atoms. The Labute approximate surface area is 148 Å². The van der Waals surface area contributed by atoms with E-state index in [0.717, 1.165) is 46.5 Å². The Morgan fingerprint density at radius 3 is 2.80 bits per heavy atom. The minimum absolute atomic E-state index is 0.528. The number of para-hydroxylation sites is 2. The first kappa shape index (κ1) is 16.0. The topological polar surface area (TPSA) is 55.7 Å². The van der Waals surface area contributed by atoms with Crippen molar-refractivity contribution in [3.05, 3.63) is 41.5 Å². The van der Waals surface area contributed by atoms with E-state index in [-0.39, 0.29) is 0 Å². The van der Waals surface area contributed by atoms with Crippen LogP contribution in [0.4, 0.5) is 5.82 Å². The number of nitrogens with one attached hydrogen (secondary N) is 2. The maximum Gasteiger partial charge on any atom is 0.250 e. The normalized spacial score (nSPS) is 15.5. The van der Waals surface area contributed by atoms with Crippen LogP contribution in [-0.4, -0.2) is 11.0 Å². The van der Waals surface area contributed by atoms with Crippen LogP contribution in [0.3, 0.4) is 0 Å². The monoisotopic (exact) mass is 333 g/mol. The van der Waals surface area contributed by atoms with E-state index in [1.54, 1.807) is 0 Å². The average molecular weight is 333 g/mol. The second kappa shape index (κ2) is 6.76. The van der Waals surface area contributed by atoms with Gasteiger partial charge in [-0.25, -0.2) is 0 Å². The van der Waals surface area contributed by atoms with Crippen LogP contribution in [0.5, 0.6) is 0 Å². The van der Waals surface area contributed by atoms with Gasteiger partial charge >= 0.3 is 0 Å². The molecule has 1 aliphatic carbocycles. The Morgan fingerprint density at radius 2 is 2.04 bits per heavy atom. The van der Waals surface area contributed by atoms with Gasteiger partial charge in [-0.3, -0.25) is 4.98 Å². The number of nitriles is 1. The van der Waals surface area contributed by atoms with Gasteiger partial charge < -0.3 is 5.32 Å². The van der Waals surface area contributed by atoms with Crippen molar-refractivity contribution in [3.8, 4) is 6.07 Å². The number of nitrogens with zero attached hydrogens (tertiary/aromatic N) is 2. The lowest BCUT2D eigenvalue weighted by Gasteiger charge is -2.21. The lowest BCUT2D eigenvalue weighted by molar-refractivity contribution is -0.465. The smallest absolute Gasteiger partial charge is 0.250 e. The second-order valence-electron chi connectivity index (χ2n) is 7.10. The van der Waals surface area contributed by atoms with Gasteiger partial charge in [-0.15, -0.1) is 0 Å².